The molecule has 1 aliphatic heterocycles. The number of ether oxygens (including phenoxy) is 1. The summed E-state index contributed by atoms with van der Waals surface area (Å²) in [6.07, 6.45) is 2.29. The second-order valence-corrected chi connectivity index (χ2v) is 5.37. The lowest BCUT2D eigenvalue weighted by Crippen LogP contribution is -2.33. The molecule has 1 saturated heterocycles. The molecule has 9 heteroatoms. The first-order chi connectivity index (χ1) is 10.6. The van der Waals surface area contributed by atoms with Crippen molar-refractivity contribution >= 4 is 5.91 Å². The van der Waals surface area contributed by atoms with Crippen molar-refractivity contribution in [2.24, 2.45) is 0 Å². The van der Waals surface area contributed by atoms with Gasteiger partial charge in [0, 0.05) is 18.7 Å². The second kappa shape index (κ2) is 6.22. The van der Waals surface area contributed by atoms with Crippen LogP contribution >= 0.6 is 0 Å². The molecule has 1 aliphatic rings. The Hall–Kier alpha value is -2.29. The predicted molar refractivity (Wildman–Crippen MR) is 73.6 cm³/mol. The van der Waals surface area contributed by atoms with Gasteiger partial charge < -0.3 is 14.2 Å². The van der Waals surface area contributed by atoms with E-state index in [1.54, 1.807) is 4.90 Å². The number of hydrogen-bond acceptors (Lipinski definition) is 7. The largest absolute Gasteiger partial charge is 0.371 e. The van der Waals surface area contributed by atoms with Gasteiger partial charge in [-0.1, -0.05) is 5.16 Å². The van der Waals surface area contributed by atoms with Crippen molar-refractivity contribution in [3.8, 4) is 0 Å². The van der Waals surface area contributed by atoms with Crippen molar-refractivity contribution in [1.82, 2.24) is 30.3 Å². The Bertz CT molecular complexity index is 619. The molecule has 9 nitrogen and oxygen atoms in total. The lowest BCUT2D eigenvalue weighted by atomic mass is 10.2. The van der Waals surface area contributed by atoms with Crippen LogP contribution < -0.4 is 0 Å². The van der Waals surface area contributed by atoms with E-state index < -0.39 is 0 Å². The number of likely N-dealkylation sites (tertiary alicyclic amines) is 1. The average Bonchev–Trinajstić information content (AvgIpc) is 3.21. The minimum atomic E-state index is -0.00395. The van der Waals surface area contributed by atoms with Crippen LogP contribution in [0.5, 0.6) is 0 Å². The molecular weight excluding hydrogens is 288 g/mol. The molecule has 1 atom stereocenters. The molecule has 2 aromatic heterocycles. The highest BCUT2D eigenvalue weighted by Gasteiger charge is 2.27. The van der Waals surface area contributed by atoms with Crippen molar-refractivity contribution in [3.05, 3.63) is 23.3 Å². The standard InChI is InChI=1S/C13H18N6O3/c1-9-12(10(2)22-15-9)7-21-11-3-4-18(5-11)13(20)6-19-8-14-16-17-19/h8,11H,3-7H2,1-2H3. The highest BCUT2D eigenvalue weighted by Crippen LogP contribution is 2.18. The van der Waals surface area contributed by atoms with Gasteiger partial charge in [0.2, 0.25) is 5.91 Å². The summed E-state index contributed by atoms with van der Waals surface area (Å²) in [4.78, 5) is 13.9. The van der Waals surface area contributed by atoms with Crippen LogP contribution in [-0.4, -0.2) is 55.4 Å². The molecular formula is C13H18N6O3. The molecule has 0 bridgehead atoms. The normalized spacial score (nSPS) is 18.1. The topological polar surface area (TPSA) is 99.2 Å². The van der Waals surface area contributed by atoms with Crippen LogP contribution in [-0.2, 0) is 22.7 Å². The Morgan fingerprint density at radius 1 is 1.50 bits per heavy atom. The fourth-order valence-electron chi connectivity index (χ4n) is 2.49. The number of hydrogen-bond donors (Lipinski definition) is 0. The maximum Gasteiger partial charge on any atom is 0.244 e. The van der Waals surface area contributed by atoms with Crippen molar-refractivity contribution in [2.45, 2.75) is 39.5 Å². The summed E-state index contributed by atoms with van der Waals surface area (Å²) in [5, 5.41) is 14.6. The number of rotatable bonds is 5. The zero-order chi connectivity index (χ0) is 15.5. The van der Waals surface area contributed by atoms with Crippen LogP contribution in [0.1, 0.15) is 23.4 Å². The third-order valence-electron chi connectivity index (χ3n) is 3.83. The first-order valence-electron chi connectivity index (χ1n) is 7.15. The van der Waals surface area contributed by atoms with Gasteiger partial charge in [-0.25, -0.2) is 4.68 Å². The Balaban J connectivity index is 1.49. The van der Waals surface area contributed by atoms with Crippen LogP contribution in [0, 0.1) is 13.8 Å². The minimum Gasteiger partial charge on any atom is -0.371 e. The van der Waals surface area contributed by atoms with Gasteiger partial charge in [-0.3, -0.25) is 4.79 Å². The number of amides is 1. The molecule has 0 radical (unpaired) electrons. The van der Waals surface area contributed by atoms with E-state index in [4.69, 9.17) is 9.26 Å². The molecule has 0 spiro atoms. The summed E-state index contributed by atoms with van der Waals surface area (Å²) in [6.45, 7) is 5.66. The van der Waals surface area contributed by atoms with Gasteiger partial charge >= 0.3 is 0 Å². The van der Waals surface area contributed by atoms with E-state index in [2.05, 4.69) is 20.7 Å². The van der Waals surface area contributed by atoms with E-state index in [1.165, 1.54) is 11.0 Å². The third-order valence-corrected chi connectivity index (χ3v) is 3.83. The molecule has 0 N–H and O–H groups in total. The Morgan fingerprint density at radius 2 is 2.36 bits per heavy atom. The average molecular weight is 306 g/mol. The highest BCUT2D eigenvalue weighted by atomic mass is 16.5. The van der Waals surface area contributed by atoms with Crippen LogP contribution in [0.2, 0.25) is 0 Å². The first kappa shape index (κ1) is 14.6. The smallest absolute Gasteiger partial charge is 0.244 e. The van der Waals surface area contributed by atoms with Crippen LogP contribution in [0.15, 0.2) is 10.9 Å². The summed E-state index contributed by atoms with van der Waals surface area (Å²) in [7, 11) is 0. The molecule has 1 amide bonds. The van der Waals surface area contributed by atoms with E-state index in [9.17, 15) is 4.79 Å². The van der Waals surface area contributed by atoms with Gasteiger partial charge in [0.15, 0.2) is 0 Å². The molecule has 0 saturated carbocycles. The van der Waals surface area contributed by atoms with Gasteiger partial charge in [0.25, 0.3) is 0 Å². The van der Waals surface area contributed by atoms with Crippen LogP contribution in [0.25, 0.3) is 0 Å². The lowest BCUT2D eigenvalue weighted by molar-refractivity contribution is -0.131. The predicted octanol–water partition coefficient (Wildman–Crippen LogP) is 0.0956. The Kier molecular flexibility index (Phi) is 4.14. The lowest BCUT2D eigenvalue weighted by Gasteiger charge is -2.16. The SMILES string of the molecule is Cc1noc(C)c1COC1CCN(C(=O)Cn2cnnn2)C1. The molecule has 0 aliphatic carbocycles. The number of aromatic nitrogens is 5. The number of carbonyl (C=O) groups excluding carboxylic acids is 1. The zero-order valence-corrected chi connectivity index (χ0v) is 12.6. The molecule has 3 rings (SSSR count). The molecule has 118 valence electrons. The van der Waals surface area contributed by atoms with E-state index in [0.29, 0.717) is 19.7 Å². The van der Waals surface area contributed by atoms with Crippen LogP contribution in [0.4, 0.5) is 0 Å². The van der Waals surface area contributed by atoms with Crippen molar-refractivity contribution in [1.29, 1.82) is 0 Å². The van der Waals surface area contributed by atoms with Gasteiger partial charge in [-0.2, -0.15) is 0 Å². The quantitative estimate of drug-likeness (QED) is 0.772. The molecule has 1 unspecified atom stereocenters. The summed E-state index contributed by atoms with van der Waals surface area (Å²) in [5.74, 6) is 0.776. The number of aryl methyl sites for hydroxylation is 2. The Morgan fingerprint density at radius 3 is 3.05 bits per heavy atom. The van der Waals surface area contributed by atoms with Crippen LogP contribution in [0.3, 0.4) is 0 Å². The summed E-state index contributed by atoms with van der Waals surface area (Å²) >= 11 is 0. The fourth-order valence-corrected chi connectivity index (χ4v) is 2.49. The van der Waals surface area contributed by atoms with E-state index >= 15 is 0 Å². The van der Waals surface area contributed by atoms with Crippen molar-refractivity contribution in [2.75, 3.05) is 13.1 Å². The molecule has 1 fully saturated rings. The molecule has 0 aromatic carbocycles. The van der Waals surface area contributed by atoms with Crippen molar-refractivity contribution < 1.29 is 14.1 Å². The maximum atomic E-state index is 12.1. The first-order valence-corrected chi connectivity index (χ1v) is 7.15. The highest BCUT2D eigenvalue weighted by molar-refractivity contribution is 5.76. The second-order valence-electron chi connectivity index (χ2n) is 5.37. The summed E-state index contributed by atoms with van der Waals surface area (Å²) in [5.41, 5.74) is 1.83. The molecule has 3 heterocycles. The fraction of sp³-hybridized carbons (Fsp3) is 0.615. The van der Waals surface area contributed by atoms with Gasteiger partial charge in [-0.05, 0) is 30.7 Å². The van der Waals surface area contributed by atoms with E-state index in [0.717, 1.165) is 23.4 Å². The summed E-state index contributed by atoms with van der Waals surface area (Å²) in [6, 6.07) is 0. The molecule has 2 aromatic rings. The van der Waals surface area contributed by atoms with E-state index in [1.807, 2.05) is 13.8 Å². The van der Waals surface area contributed by atoms with Gasteiger partial charge in [-0.15, -0.1) is 5.10 Å². The number of nitrogens with zero attached hydrogens (tertiary/aromatic N) is 6. The van der Waals surface area contributed by atoms with Gasteiger partial charge in [0.05, 0.1) is 18.4 Å². The Labute approximate surface area is 127 Å². The molecule has 22 heavy (non-hydrogen) atoms. The summed E-state index contributed by atoms with van der Waals surface area (Å²) < 4.78 is 12.4. The monoisotopic (exact) mass is 306 g/mol. The number of carbonyl (C=O) groups is 1. The minimum absolute atomic E-state index is 0.00395. The third kappa shape index (κ3) is 3.14. The number of tetrazole rings is 1. The van der Waals surface area contributed by atoms with Gasteiger partial charge in [0.1, 0.15) is 18.6 Å². The van der Waals surface area contributed by atoms with E-state index in [-0.39, 0.29) is 18.6 Å². The maximum absolute atomic E-state index is 12.1. The van der Waals surface area contributed by atoms with Crippen molar-refractivity contribution in [3.63, 3.8) is 0 Å². The zero-order valence-electron chi connectivity index (χ0n) is 12.6.